The number of hydrogen-bond acceptors (Lipinski definition) is 7. The van der Waals surface area contributed by atoms with E-state index in [1.165, 1.54) is 0 Å². The van der Waals surface area contributed by atoms with E-state index in [0.717, 1.165) is 25.9 Å². The van der Waals surface area contributed by atoms with Gasteiger partial charge in [0.05, 0.1) is 17.7 Å². The van der Waals surface area contributed by atoms with Crippen molar-refractivity contribution < 1.29 is 19.4 Å². The van der Waals surface area contributed by atoms with Gasteiger partial charge in [0.2, 0.25) is 0 Å². The van der Waals surface area contributed by atoms with Crippen molar-refractivity contribution in [3.8, 4) is 17.6 Å². The monoisotopic (exact) mass is 374 g/mol. The molecule has 1 aromatic rings. The molecule has 1 fully saturated rings. The Morgan fingerprint density at radius 1 is 1.41 bits per heavy atom. The van der Waals surface area contributed by atoms with E-state index in [9.17, 15) is 9.90 Å². The first-order chi connectivity index (χ1) is 13.1. The zero-order valence-corrected chi connectivity index (χ0v) is 15.3. The summed E-state index contributed by atoms with van der Waals surface area (Å²) in [4.78, 5) is 14.8. The van der Waals surface area contributed by atoms with Crippen LogP contribution in [0, 0.1) is 17.2 Å². The van der Waals surface area contributed by atoms with Crippen molar-refractivity contribution in [1.29, 1.82) is 5.26 Å². The molecule has 0 aromatic heterocycles. The van der Waals surface area contributed by atoms with E-state index in [1.54, 1.807) is 12.1 Å². The summed E-state index contributed by atoms with van der Waals surface area (Å²) >= 11 is 0. The van der Waals surface area contributed by atoms with Crippen LogP contribution in [0.1, 0.15) is 29.6 Å². The minimum Gasteiger partial charge on any atom is -0.486 e. The second-order valence-electron chi connectivity index (χ2n) is 6.98. The number of amides is 1. The van der Waals surface area contributed by atoms with Gasteiger partial charge in [-0.15, -0.1) is 0 Å². The van der Waals surface area contributed by atoms with Gasteiger partial charge in [0.25, 0.3) is 5.91 Å². The maximum Gasteiger partial charge on any atom is 0.255 e. The van der Waals surface area contributed by atoms with Gasteiger partial charge in [0.15, 0.2) is 11.5 Å². The minimum atomic E-state index is -0.504. The van der Waals surface area contributed by atoms with Gasteiger partial charge in [-0.05, 0) is 32.0 Å². The van der Waals surface area contributed by atoms with Gasteiger partial charge in [-0.1, -0.05) is 0 Å². The molecule has 0 bridgehead atoms. The number of hydrogen-bond donors (Lipinski definition) is 3. The van der Waals surface area contributed by atoms with Gasteiger partial charge in [0, 0.05) is 37.2 Å². The van der Waals surface area contributed by atoms with Crippen molar-refractivity contribution in [2.75, 3.05) is 45.1 Å². The molecule has 0 saturated carbocycles. The van der Waals surface area contributed by atoms with E-state index in [1.807, 2.05) is 0 Å². The van der Waals surface area contributed by atoms with E-state index in [4.69, 9.17) is 20.5 Å². The number of nitriles is 1. The van der Waals surface area contributed by atoms with Crippen LogP contribution in [0.15, 0.2) is 12.1 Å². The Morgan fingerprint density at radius 3 is 3.00 bits per heavy atom. The summed E-state index contributed by atoms with van der Waals surface area (Å²) in [5.41, 5.74) is 6.66. The molecule has 1 saturated heterocycles. The molecule has 0 spiro atoms. The number of benzene rings is 1. The Labute approximate surface area is 158 Å². The number of nitrogens with two attached hydrogens (primary N) is 1. The Bertz CT molecular complexity index is 718. The highest BCUT2D eigenvalue weighted by atomic mass is 16.6. The molecule has 8 nitrogen and oxygen atoms in total. The van der Waals surface area contributed by atoms with Crippen LogP contribution in [0.3, 0.4) is 0 Å². The topological polar surface area (TPSA) is 121 Å². The average molecular weight is 374 g/mol. The van der Waals surface area contributed by atoms with Crippen molar-refractivity contribution in [3.63, 3.8) is 0 Å². The lowest BCUT2D eigenvalue weighted by molar-refractivity contribution is 0.0219. The average Bonchev–Trinajstić information content (AvgIpc) is 2.66. The summed E-state index contributed by atoms with van der Waals surface area (Å²) < 4.78 is 11.1. The summed E-state index contributed by atoms with van der Waals surface area (Å²) in [7, 11) is 0. The van der Waals surface area contributed by atoms with Crippen molar-refractivity contribution in [2.24, 2.45) is 5.92 Å². The maximum absolute atomic E-state index is 12.6. The summed E-state index contributed by atoms with van der Waals surface area (Å²) in [5.74, 6) is 0.612. The fourth-order valence-electron chi connectivity index (χ4n) is 3.53. The molecule has 3 rings (SSSR count). The molecule has 8 heteroatoms. The molecule has 2 aliphatic heterocycles. The van der Waals surface area contributed by atoms with E-state index in [0.29, 0.717) is 55.5 Å². The molecule has 2 aliphatic rings. The van der Waals surface area contributed by atoms with Gasteiger partial charge >= 0.3 is 0 Å². The van der Waals surface area contributed by atoms with Crippen LogP contribution in [0.4, 0.5) is 5.69 Å². The Balaban J connectivity index is 1.54. The number of aliphatic hydroxyl groups is 1. The number of carbonyl (C=O) groups is 1. The number of β-amino-alcohol motifs (C(OH)–C–C–N with tert-alkyl or cyclic N) is 1. The van der Waals surface area contributed by atoms with Gasteiger partial charge in [-0.25, -0.2) is 0 Å². The van der Waals surface area contributed by atoms with Gasteiger partial charge in [0.1, 0.15) is 13.2 Å². The highest BCUT2D eigenvalue weighted by Crippen LogP contribution is 2.36. The van der Waals surface area contributed by atoms with E-state index >= 15 is 0 Å². The first kappa shape index (κ1) is 19.3. The lowest BCUT2D eigenvalue weighted by Crippen LogP contribution is -2.47. The third-order valence-electron chi connectivity index (χ3n) is 5.00. The number of ether oxygens (including phenoxy) is 2. The summed E-state index contributed by atoms with van der Waals surface area (Å²) in [6.07, 6.45) is 1.63. The number of fused-ring (bicyclic) bond motifs is 1. The zero-order valence-electron chi connectivity index (χ0n) is 15.3. The Morgan fingerprint density at radius 2 is 2.22 bits per heavy atom. The smallest absolute Gasteiger partial charge is 0.255 e. The third kappa shape index (κ3) is 4.81. The summed E-state index contributed by atoms with van der Waals surface area (Å²) in [6, 6.07) is 5.37. The molecule has 2 atom stereocenters. The maximum atomic E-state index is 12.6. The molecular formula is C19H26N4O4. The number of likely N-dealkylation sites (tertiary alicyclic amines) is 1. The second-order valence-corrected chi connectivity index (χ2v) is 6.98. The van der Waals surface area contributed by atoms with Gasteiger partial charge < -0.3 is 30.5 Å². The van der Waals surface area contributed by atoms with Crippen LogP contribution >= 0.6 is 0 Å². The molecule has 146 valence electrons. The molecule has 1 aromatic carbocycles. The number of carbonyl (C=O) groups excluding carboxylic acids is 1. The summed E-state index contributed by atoms with van der Waals surface area (Å²) in [6.45, 7) is 3.44. The minimum absolute atomic E-state index is 0.00443. The molecular weight excluding hydrogens is 348 g/mol. The van der Waals surface area contributed by atoms with Crippen molar-refractivity contribution in [3.05, 3.63) is 17.7 Å². The molecule has 0 unspecified atom stereocenters. The highest BCUT2D eigenvalue weighted by molar-refractivity contribution is 5.99. The molecule has 1 amide bonds. The first-order valence-electron chi connectivity index (χ1n) is 9.33. The molecule has 27 heavy (non-hydrogen) atoms. The predicted octanol–water partition coefficient (Wildman–Crippen LogP) is 0.756. The fraction of sp³-hybridized carbons (Fsp3) is 0.579. The van der Waals surface area contributed by atoms with Crippen LogP contribution in [-0.2, 0) is 0 Å². The highest BCUT2D eigenvalue weighted by Gasteiger charge is 2.28. The molecule has 0 radical (unpaired) electrons. The number of rotatable bonds is 6. The molecule has 4 N–H and O–H groups in total. The van der Waals surface area contributed by atoms with Crippen LogP contribution in [0.5, 0.6) is 11.5 Å². The van der Waals surface area contributed by atoms with Gasteiger partial charge in [-0.3, -0.25) is 4.79 Å². The Hall–Kier alpha value is -2.50. The number of nitrogen functional groups attached to an aromatic ring is 1. The zero-order chi connectivity index (χ0) is 19.2. The van der Waals surface area contributed by atoms with Crippen molar-refractivity contribution in [1.82, 2.24) is 10.2 Å². The van der Waals surface area contributed by atoms with Gasteiger partial charge in [-0.2, -0.15) is 5.26 Å². The number of anilines is 1. The van der Waals surface area contributed by atoms with Crippen molar-refractivity contribution >= 4 is 11.6 Å². The Kier molecular flexibility index (Phi) is 6.37. The fourth-order valence-corrected chi connectivity index (χ4v) is 3.53. The number of piperidine rings is 1. The molecule has 2 heterocycles. The quantitative estimate of drug-likeness (QED) is 0.496. The summed E-state index contributed by atoms with van der Waals surface area (Å²) in [5, 5.41) is 21.9. The SMILES string of the molecule is N#CCCCN1CC[C@@H](CNC(=O)c2cc(N)cc3c2OCCO3)[C@H](O)C1. The van der Waals surface area contributed by atoms with Crippen LogP contribution in [0.2, 0.25) is 0 Å². The largest absolute Gasteiger partial charge is 0.486 e. The predicted molar refractivity (Wildman–Crippen MR) is 99.6 cm³/mol. The van der Waals surface area contributed by atoms with Crippen molar-refractivity contribution in [2.45, 2.75) is 25.4 Å². The number of aliphatic hydroxyl groups excluding tert-OH is 1. The van der Waals surface area contributed by atoms with Crippen LogP contribution < -0.4 is 20.5 Å². The first-order valence-corrected chi connectivity index (χ1v) is 9.33. The molecule has 0 aliphatic carbocycles. The number of unbranched alkanes of at least 4 members (excludes halogenated alkanes) is 1. The van der Waals surface area contributed by atoms with E-state index in [2.05, 4.69) is 16.3 Å². The van der Waals surface area contributed by atoms with E-state index < -0.39 is 6.10 Å². The van der Waals surface area contributed by atoms with E-state index in [-0.39, 0.29) is 11.8 Å². The number of nitrogens with zero attached hydrogens (tertiary/aromatic N) is 2. The lowest BCUT2D eigenvalue weighted by atomic mass is 9.93. The normalized spacial score (nSPS) is 22.1. The second kappa shape index (κ2) is 8.93. The standard InChI is InChI=1S/C19H26N4O4/c20-4-1-2-5-23-6-3-13(16(24)12-23)11-22-19(25)15-9-14(21)10-17-18(15)27-8-7-26-17/h9-10,13,16,24H,1-3,5-8,11-12,21H2,(H,22,25)/t13-,16+/m0/s1. The third-order valence-corrected chi connectivity index (χ3v) is 5.00. The van der Waals surface area contributed by atoms with Crippen LogP contribution in [0.25, 0.3) is 0 Å². The van der Waals surface area contributed by atoms with Crippen LogP contribution in [-0.4, -0.2) is 61.4 Å². The number of nitrogens with one attached hydrogen (secondary N) is 1. The lowest BCUT2D eigenvalue weighted by Gasteiger charge is -2.36.